The molecule has 1 fully saturated rings. The Kier molecular flexibility index (Phi) is 2.39. The van der Waals surface area contributed by atoms with E-state index in [1.807, 2.05) is 0 Å². The fourth-order valence-corrected chi connectivity index (χ4v) is 1.67. The van der Waals surface area contributed by atoms with Crippen LogP contribution in [0, 0.1) is 0 Å². The van der Waals surface area contributed by atoms with Crippen LogP contribution < -0.4 is 5.32 Å². The van der Waals surface area contributed by atoms with Crippen LogP contribution in [0.25, 0.3) is 0 Å². The topological polar surface area (TPSA) is 80.0 Å². The molecule has 0 amide bonds. The number of carbonyl (C=O) groups is 1. The zero-order valence-electron chi connectivity index (χ0n) is 7.22. The predicted molar refractivity (Wildman–Crippen MR) is 48.1 cm³/mol. The van der Waals surface area contributed by atoms with Crippen LogP contribution in [0.5, 0.6) is 0 Å². The van der Waals surface area contributed by atoms with Crippen molar-refractivity contribution in [3.8, 4) is 0 Å². The van der Waals surface area contributed by atoms with Crippen LogP contribution >= 0.6 is 11.6 Å². The number of carboxylic acid groups (broad SMARTS) is 1. The van der Waals surface area contributed by atoms with E-state index in [1.54, 1.807) is 10.9 Å². The summed E-state index contributed by atoms with van der Waals surface area (Å²) in [5, 5.41) is 19.4. The van der Waals surface area contributed by atoms with Crippen molar-refractivity contribution in [1.82, 2.24) is 20.3 Å². The molecule has 2 atom stereocenters. The van der Waals surface area contributed by atoms with Crippen LogP contribution in [0.2, 0.25) is 5.15 Å². The quantitative estimate of drug-likeness (QED) is 0.723. The molecule has 7 heteroatoms. The molecule has 0 spiro atoms. The summed E-state index contributed by atoms with van der Waals surface area (Å²) >= 11 is 5.61. The van der Waals surface area contributed by atoms with Crippen LogP contribution in [0.4, 0.5) is 0 Å². The summed E-state index contributed by atoms with van der Waals surface area (Å²) in [5.74, 6) is -0.835. The van der Waals surface area contributed by atoms with E-state index in [9.17, 15) is 4.79 Å². The molecule has 0 radical (unpaired) electrons. The molecule has 14 heavy (non-hydrogen) atoms. The van der Waals surface area contributed by atoms with Gasteiger partial charge in [0, 0.05) is 6.54 Å². The van der Waals surface area contributed by atoms with Crippen LogP contribution in [0.3, 0.4) is 0 Å². The van der Waals surface area contributed by atoms with Crippen molar-refractivity contribution < 1.29 is 9.90 Å². The average Bonchev–Trinajstić information content (AvgIpc) is 2.70. The minimum absolute atomic E-state index is 0.0242. The van der Waals surface area contributed by atoms with Gasteiger partial charge >= 0.3 is 5.97 Å². The number of halogens is 1. The van der Waals surface area contributed by atoms with E-state index in [2.05, 4.69) is 15.6 Å². The first-order valence-electron chi connectivity index (χ1n) is 4.20. The van der Waals surface area contributed by atoms with Crippen molar-refractivity contribution in [2.75, 3.05) is 6.54 Å². The molecule has 6 nitrogen and oxygen atoms in total. The maximum Gasteiger partial charge on any atom is 0.320 e. The van der Waals surface area contributed by atoms with Crippen LogP contribution in [-0.4, -0.2) is 38.7 Å². The molecule has 1 aromatic heterocycles. The van der Waals surface area contributed by atoms with Gasteiger partial charge in [-0.1, -0.05) is 16.8 Å². The van der Waals surface area contributed by atoms with Crippen LogP contribution in [0.15, 0.2) is 6.20 Å². The summed E-state index contributed by atoms with van der Waals surface area (Å²) in [6, 6.07) is -0.473. The van der Waals surface area contributed by atoms with E-state index in [1.165, 1.54) is 0 Å². The van der Waals surface area contributed by atoms with Crippen molar-refractivity contribution in [3.05, 3.63) is 11.3 Å². The number of nitrogens with one attached hydrogen (secondary N) is 1. The summed E-state index contributed by atoms with van der Waals surface area (Å²) in [5.41, 5.74) is 0. The molecule has 76 valence electrons. The maximum atomic E-state index is 10.6. The minimum Gasteiger partial charge on any atom is -0.480 e. The number of aromatic nitrogens is 3. The third-order valence-corrected chi connectivity index (χ3v) is 2.44. The van der Waals surface area contributed by atoms with E-state index in [-0.39, 0.29) is 6.04 Å². The van der Waals surface area contributed by atoms with Gasteiger partial charge in [0.2, 0.25) is 0 Å². The smallest absolute Gasteiger partial charge is 0.320 e. The van der Waals surface area contributed by atoms with Crippen molar-refractivity contribution in [3.63, 3.8) is 0 Å². The lowest BCUT2D eigenvalue weighted by Crippen LogP contribution is -2.29. The summed E-state index contributed by atoms with van der Waals surface area (Å²) in [4.78, 5) is 10.6. The van der Waals surface area contributed by atoms with E-state index in [4.69, 9.17) is 16.7 Å². The number of rotatable bonds is 2. The summed E-state index contributed by atoms with van der Waals surface area (Å²) < 4.78 is 1.60. The molecular weight excluding hydrogens is 208 g/mol. The summed E-state index contributed by atoms with van der Waals surface area (Å²) in [6.07, 6.45) is 2.10. The third kappa shape index (κ3) is 1.71. The highest BCUT2D eigenvalue weighted by molar-refractivity contribution is 6.29. The molecule has 2 unspecified atom stereocenters. The highest BCUT2D eigenvalue weighted by Crippen LogP contribution is 2.19. The molecule has 0 bridgehead atoms. The van der Waals surface area contributed by atoms with Crippen LogP contribution in [-0.2, 0) is 4.79 Å². The van der Waals surface area contributed by atoms with Gasteiger partial charge in [-0.05, 0) is 6.42 Å². The van der Waals surface area contributed by atoms with E-state index < -0.39 is 12.0 Å². The SMILES string of the molecule is O=C(O)C1CC(n2cc(Cl)nn2)CN1. The summed E-state index contributed by atoms with van der Waals surface area (Å²) in [7, 11) is 0. The lowest BCUT2D eigenvalue weighted by molar-refractivity contribution is -0.139. The first-order valence-corrected chi connectivity index (χ1v) is 4.58. The first kappa shape index (κ1) is 9.42. The Labute approximate surface area is 84.9 Å². The van der Waals surface area contributed by atoms with Gasteiger partial charge in [-0.2, -0.15) is 0 Å². The molecular formula is C7H9ClN4O2. The Morgan fingerprint density at radius 2 is 2.57 bits per heavy atom. The standard InChI is InChI=1S/C7H9ClN4O2/c8-6-3-12(11-10-6)4-1-5(7(13)14)9-2-4/h3-5,9H,1-2H2,(H,13,14). The molecule has 0 aromatic carbocycles. The largest absolute Gasteiger partial charge is 0.480 e. The molecule has 1 aromatic rings. The van der Waals surface area contributed by atoms with Gasteiger partial charge in [-0.15, -0.1) is 5.10 Å². The lowest BCUT2D eigenvalue weighted by atomic mass is 10.2. The maximum absolute atomic E-state index is 10.6. The van der Waals surface area contributed by atoms with Crippen molar-refractivity contribution in [1.29, 1.82) is 0 Å². The van der Waals surface area contributed by atoms with E-state index >= 15 is 0 Å². The second-order valence-corrected chi connectivity index (χ2v) is 3.60. The number of aliphatic carboxylic acids is 1. The highest BCUT2D eigenvalue weighted by Gasteiger charge is 2.30. The monoisotopic (exact) mass is 216 g/mol. The number of hydrogen-bond donors (Lipinski definition) is 2. The molecule has 2 N–H and O–H groups in total. The zero-order chi connectivity index (χ0) is 10.1. The van der Waals surface area contributed by atoms with Gasteiger partial charge in [0.25, 0.3) is 0 Å². The number of hydrogen-bond acceptors (Lipinski definition) is 4. The van der Waals surface area contributed by atoms with Crippen LogP contribution in [0.1, 0.15) is 12.5 Å². The predicted octanol–water partition coefficient (Wildman–Crippen LogP) is -0.0809. The van der Waals surface area contributed by atoms with Gasteiger partial charge in [0.1, 0.15) is 6.04 Å². The van der Waals surface area contributed by atoms with Crippen molar-refractivity contribution in [2.24, 2.45) is 0 Å². The molecule has 2 rings (SSSR count). The number of nitrogens with zero attached hydrogens (tertiary/aromatic N) is 3. The molecule has 1 aliphatic heterocycles. The fourth-order valence-electron chi connectivity index (χ4n) is 1.54. The Bertz CT molecular complexity index is 353. The summed E-state index contributed by atoms with van der Waals surface area (Å²) in [6.45, 7) is 0.580. The first-order chi connectivity index (χ1) is 6.66. The minimum atomic E-state index is -0.835. The molecule has 1 aliphatic rings. The lowest BCUT2D eigenvalue weighted by Gasteiger charge is -2.06. The Morgan fingerprint density at radius 1 is 1.79 bits per heavy atom. The van der Waals surface area contributed by atoms with E-state index in [0.29, 0.717) is 18.1 Å². The van der Waals surface area contributed by atoms with Gasteiger partial charge in [0.15, 0.2) is 5.15 Å². The van der Waals surface area contributed by atoms with E-state index in [0.717, 1.165) is 0 Å². The Hall–Kier alpha value is -1.14. The molecule has 0 aliphatic carbocycles. The highest BCUT2D eigenvalue weighted by atomic mass is 35.5. The second-order valence-electron chi connectivity index (χ2n) is 3.21. The fraction of sp³-hybridized carbons (Fsp3) is 0.571. The Morgan fingerprint density at radius 3 is 3.07 bits per heavy atom. The van der Waals surface area contributed by atoms with Crippen molar-refractivity contribution >= 4 is 17.6 Å². The molecule has 2 heterocycles. The number of carboxylic acids is 1. The van der Waals surface area contributed by atoms with Gasteiger partial charge in [-0.3, -0.25) is 4.79 Å². The average molecular weight is 217 g/mol. The van der Waals surface area contributed by atoms with Gasteiger partial charge in [0.05, 0.1) is 12.2 Å². The second kappa shape index (κ2) is 3.55. The van der Waals surface area contributed by atoms with Crippen molar-refractivity contribution in [2.45, 2.75) is 18.5 Å². The Balaban J connectivity index is 2.05. The molecule has 0 saturated carbocycles. The van der Waals surface area contributed by atoms with Gasteiger partial charge in [-0.25, -0.2) is 4.68 Å². The third-order valence-electron chi connectivity index (χ3n) is 2.26. The molecule has 1 saturated heterocycles. The normalized spacial score (nSPS) is 26.6. The van der Waals surface area contributed by atoms with Gasteiger partial charge < -0.3 is 10.4 Å². The zero-order valence-corrected chi connectivity index (χ0v) is 7.98.